The van der Waals surface area contributed by atoms with Gasteiger partial charge in [-0.1, -0.05) is 80.6 Å². The Morgan fingerprint density at radius 2 is 1.54 bits per heavy atom. The average molecular weight is 630 g/mol. The normalized spacial score (nSPS) is 14.4. The Morgan fingerprint density at radius 1 is 0.848 bits per heavy atom. The number of hydrogen-bond donors (Lipinski definition) is 4. The van der Waals surface area contributed by atoms with E-state index in [9.17, 15) is 29.1 Å². The summed E-state index contributed by atoms with van der Waals surface area (Å²) in [4.78, 5) is 64.9. The molecule has 0 bridgehead atoms. The first-order valence-corrected chi connectivity index (χ1v) is 15.2. The molecule has 242 valence electrons. The summed E-state index contributed by atoms with van der Waals surface area (Å²) in [5, 5.41) is 18.7. The number of carbonyl (C=O) groups excluding carboxylic acids is 5. The molecule has 4 rings (SSSR count). The molecule has 3 unspecified atom stereocenters. The molecule has 3 amide bonds. The first-order valence-electron chi connectivity index (χ1n) is 15.2. The van der Waals surface area contributed by atoms with E-state index in [-0.39, 0.29) is 37.7 Å². The lowest BCUT2D eigenvalue weighted by Gasteiger charge is -2.24. The highest BCUT2D eigenvalue weighted by Crippen LogP contribution is 2.44. The van der Waals surface area contributed by atoms with Crippen LogP contribution in [-0.2, 0) is 35.3 Å². The lowest BCUT2D eigenvalue weighted by atomic mass is 9.98. The number of amides is 3. The molecule has 0 saturated heterocycles. The van der Waals surface area contributed by atoms with E-state index in [1.165, 1.54) is 0 Å². The number of Topliss-reactive ketones (excluding diaryl/α,β-unsaturated/α-hetero) is 1. The zero-order valence-corrected chi connectivity index (χ0v) is 26.1. The van der Waals surface area contributed by atoms with Crippen LogP contribution in [0, 0.1) is 5.92 Å². The van der Waals surface area contributed by atoms with E-state index in [0.29, 0.717) is 11.1 Å². The van der Waals surface area contributed by atoms with Crippen LogP contribution in [0.3, 0.4) is 0 Å². The summed E-state index contributed by atoms with van der Waals surface area (Å²) >= 11 is 0. The third-order valence-electron chi connectivity index (χ3n) is 7.45. The molecular weight excluding hydrogens is 590 g/mol. The van der Waals surface area contributed by atoms with Crippen molar-refractivity contribution in [3.63, 3.8) is 0 Å². The maximum absolute atomic E-state index is 13.7. The molecule has 0 aliphatic heterocycles. The predicted octanol–water partition coefficient (Wildman–Crippen LogP) is 2.84. The second kappa shape index (κ2) is 15.9. The van der Waals surface area contributed by atoms with E-state index in [0.717, 1.165) is 16.7 Å². The topological polar surface area (TPSA) is 160 Å². The van der Waals surface area contributed by atoms with Gasteiger partial charge >= 0.3 is 5.97 Å². The number of ether oxygens (including phenoxy) is 2. The molecule has 11 heteroatoms. The Labute approximate surface area is 267 Å². The van der Waals surface area contributed by atoms with Crippen molar-refractivity contribution in [2.24, 2.45) is 5.92 Å². The largest absolute Gasteiger partial charge is 0.465 e. The SMILES string of the molecule is CCOC(=O)CNC(=O)C(=O)C(COCc1ccccc1)NC(=O)C(CC(C)C)NC(=O)c1cccc2c1C(O)c1ccccc1-2. The molecule has 0 saturated carbocycles. The number of aliphatic hydroxyl groups excluding tert-OH is 1. The van der Waals surface area contributed by atoms with Crippen molar-refractivity contribution in [1.29, 1.82) is 0 Å². The Bertz CT molecular complexity index is 1570. The highest BCUT2D eigenvalue weighted by Gasteiger charge is 2.34. The Balaban J connectivity index is 1.51. The lowest BCUT2D eigenvalue weighted by molar-refractivity contribution is -0.146. The molecule has 1 aliphatic carbocycles. The van der Waals surface area contributed by atoms with Gasteiger partial charge in [-0.05, 0) is 47.6 Å². The fourth-order valence-electron chi connectivity index (χ4n) is 5.30. The minimum atomic E-state index is -1.41. The van der Waals surface area contributed by atoms with Crippen LogP contribution in [0.4, 0.5) is 0 Å². The van der Waals surface area contributed by atoms with Gasteiger partial charge in [-0.3, -0.25) is 24.0 Å². The molecule has 0 aromatic heterocycles. The second-order valence-electron chi connectivity index (χ2n) is 11.3. The summed E-state index contributed by atoms with van der Waals surface area (Å²) in [5.74, 6) is -4.14. The van der Waals surface area contributed by atoms with Crippen molar-refractivity contribution in [3.05, 3.63) is 95.1 Å². The van der Waals surface area contributed by atoms with E-state index in [1.807, 2.05) is 68.4 Å². The summed E-state index contributed by atoms with van der Waals surface area (Å²) in [7, 11) is 0. The summed E-state index contributed by atoms with van der Waals surface area (Å²) in [6.45, 7) is 4.72. The number of aliphatic hydroxyl groups is 1. The van der Waals surface area contributed by atoms with Crippen LogP contribution >= 0.6 is 0 Å². The highest BCUT2D eigenvalue weighted by molar-refractivity contribution is 6.38. The molecule has 0 spiro atoms. The lowest BCUT2D eigenvalue weighted by Crippen LogP contribution is -2.56. The van der Waals surface area contributed by atoms with Crippen LogP contribution in [0.15, 0.2) is 72.8 Å². The summed E-state index contributed by atoms with van der Waals surface area (Å²) in [6, 6.07) is 19.1. The molecule has 46 heavy (non-hydrogen) atoms. The van der Waals surface area contributed by atoms with Crippen LogP contribution in [0.25, 0.3) is 11.1 Å². The number of fused-ring (bicyclic) bond motifs is 3. The van der Waals surface area contributed by atoms with E-state index in [4.69, 9.17) is 9.47 Å². The van der Waals surface area contributed by atoms with Gasteiger partial charge in [0.15, 0.2) is 0 Å². The Kier molecular flexibility index (Phi) is 11.8. The van der Waals surface area contributed by atoms with Gasteiger partial charge in [0.25, 0.3) is 11.8 Å². The Hall–Kier alpha value is -4.87. The molecular formula is C35H39N3O8. The van der Waals surface area contributed by atoms with Crippen molar-refractivity contribution >= 4 is 29.5 Å². The Morgan fingerprint density at radius 3 is 2.26 bits per heavy atom. The van der Waals surface area contributed by atoms with E-state index < -0.39 is 54.2 Å². The molecule has 3 aromatic rings. The van der Waals surface area contributed by atoms with Crippen LogP contribution in [0.5, 0.6) is 0 Å². The molecule has 4 N–H and O–H groups in total. The number of rotatable bonds is 15. The van der Waals surface area contributed by atoms with Gasteiger partial charge in [-0.15, -0.1) is 0 Å². The smallest absolute Gasteiger partial charge is 0.325 e. The maximum Gasteiger partial charge on any atom is 0.325 e. The van der Waals surface area contributed by atoms with Gasteiger partial charge in [-0.2, -0.15) is 0 Å². The van der Waals surface area contributed by atoms with E-state index >= 15 is 0 Å². The van der Waals surface area contributed by atoms with Gasteiger partial charge in [0.2, 0.25) is 11.7 Å². The number of esters is 1. The quantitative estimate of drug-likeness (QED) is 0.148. The van der Waals surface area contributed by atoms with Crippen LogP contribution in [-0.4, -0.2) is 66.4 Å². The summed E-state index contributed by atoms with van der Waals surface area (Å²) in [6.07, 6.45) is -0.793. The fraction of sp³-hybridized carbons (Fsp3) is 0.343. The first kappa shape index (κ1) is 34.0. The fourth-order valence-corrected chi connectivity index (χ4v) is 5.30. The standard InChI is InChI=1S/C35H39N3O8/c1-4-46-29(39)18-36-35(44)32(41)28(20-45-19-22-11-6-5-7-12-22)38-34(43)27(17-21(2)3)37-33(42)26-16-10-15-24-23-13-8-9-14-25(23)31(40)30(24)26/h5-16,21,27-28,31,40H,4,17-20H2,1-3H3,(H,36,44)(H,37,42)(H,38,43). The maximum atomic E-state index is 13.7. The summed E-state index contributed by atoms with van der Waals surface area (Å²) < 4.78 is 10.5. The summed E-state index contributed by atoms with van der Waals surface area (Å²) in [5.41, 5.74) is 3.74. The van der Waals surface area contributed by atoms with Crippen molar-refractivity contribution in [2.75, 3.05) is 19.8 Å². The molecule has 11 nitrogen and oxygen atoms in total. The number of benzene rings is 3. The number of nitrogens with one attached hydrogen (secondary N) is 3. The second-order valence-corrected chi connectivity index (χ2v) is 11.3. The third kappa shape index (κ3) is 8.43. The van der Waals surface area contributed by atoms with Gasteiger partial charge in [0, 0.05) is 11.1 Å². The zero-order chi connectivity index (χ0) is 33.2. The predicted molar refractivity (Wildman–Crippen MR) is 169 cm³/mol. The van der Waals surface area contributed by atoms with Gasteiger partial charge in [-0.25, -0.2) is 0 Å². The van der Waals surface area contributed by atoms with Crippen molar-refractivity contribution in [3.8, 4) is 11.1 Å². The third-order valence-corrected chi connectivity index (χ3v) is 7.45. The van der Waals surface area contributed by atoms with Crippen molar-refractivity contribution < 1.29 is 38.6 Å². The molecule has 3 atom stereocenters. The van der Waals surface area contributed by atoms with Crippen molar-refractivity contribution in [2.45, 2.75) is 52.0 Å². The van der Waals surface area contributed by atoms with Crippen LogP contribution in [0.1, 0.15) is 60.3 Å². The number of ketones is 1. The molecule has 1 aliphatic rings. The van der Waals surface area contributed by atoms with Crippen LogP contribution < -0.4 is 16.0 Å². The van der Waals surface area contributed by atoms with Gasteiger partial charge in [0.05, 0.1) is 19.8 Å². The molecule has 0 fully saturated rings. The van der Waals surface area contributed by atoms with Crippen LogP contribution in [0.2, 0.25) is 0 Å². The zero-order valence-electron chi connectivity index (χ0n) is 26.1. The monoisotopic (exact) mass is 629 g/mol. The number of hydrogen-bond acceptors (Lipinski definition) is 8. The molecule has 0 heterocycles. The highest BCUT2D eigenvalue weighted by atomic mass is 16.5. The van der Waals surface area contributed by atoms with Gasteiger partial charge < -0.3 is 30.5 Å². The van der Waals surface area contributed by atoms with Crippen molar-refractivity contribution in [1.82, 2.24) is 16.0 Å². The number of carbonyl (C=O) groups is 5. The van der Waals surface area contributed by atoms with E-state index in [1.54, 1.807) is 25.1 Å². The van der Waals surface area contributed by atoms with E-state index in [2.05, 4.69) is 16.0 Å². The molecule has 0 radical (unpaired) electrons. The minimum absolute atomic E-state index is 0.0382. The minimum Gasteiger partial charge on any atom is -0.465 e. The van der Waals surface area contributed by atoms with Gasteiger partial charge in [0.1, 0.15) is 24.7 Å². The average Bonchev–Trinajstić information content (AvgIpc) is 3.34. The first-order chi connectivity index (χ1) is 22.1. The molecule has 3 aromatic carbocycles.